The van der Waals surface area contributed by atoms with Crippen molar-refractivity contribution < 1.29 is 13.2 Å². The molecule has 0 aliphatic carbocycles. The van der Waals surface area contributed by atoms with Gasteiger partial charge in [0.25, 0.3) is 5.91 Å². The van der Waals surface area contributed by atoms with Crippen LogP contribution in [0.3, 0.4) is 0 Å². The molecule has 0 aliphatic heterocycles. The number of benzene rings is 3. The van der Waals surface area contributed by atoms with Crippen LogP contribution in [0.2, 0.25) is 0 Å². The van der Waals surface area contributed by atoms with Gasteiger partial charge in [-0.1, -0.05) is 67.6 Å². The van der Waals surface area contributed by atoms with Crippen LogP contribution in [0.15, 0.2) is 84.9 Å². The summed E-state index contributed by atoms with van der Waals surface area (Å²) in [5, 5.41) is 3.05. The van der Waals surface area contributed by atoms with Crippen molar-refractivity contribution in [3.8, 4) is 0 Å². The third kappa shape index (κ3) is 5.48. The van der Waals surface area contributed by atoms with E-state index in [1.165, 1.54) is 10.6 Å². The number of sulfonamides is 1. The molecule has 3 aromatic carbocycles. The van der Waals surface area contributed by atoms with Gasteiger partial charge in [0, 0.05) is 5.56 Å². The Balaban J connectivity index is 1.77. The minimum Gasteiger partial charge on any atom is -0.345 e. The molecular formula is C24H26N2O3S. The van der Waals surface area contributed by atoms with E-state index in [1.54, 1.807) is 24.3 Å². The lowest BCUT2D eigenvalue weighted by atomic mass is 10.0. The lowest BCUT2D eigenvalue weighted by Crippen LogP contribution is -2.30. The molecule has 0 fully saturated rings. The summed E-state index contributed by atoms with van der Waals surface area (Å²) >= 11 is 0. The SMILES string of the molecule is CC[C@H](NC(=O)c1ccc(N(Cc2ccccc2)S(C)(=O)=O)cc1)c1ccccc1. The number of carbonyl (C=O) groups is 1. The monoisotopic (exact) mass is 422 g/mol. The number of amides is 1. The molecule has 0 saturated carbocycles. The van der Waals surface area contributed by atoms with Gasteiger partial charge in [0.05, 0.1) is 24.5 Å². The highest BCUT2D eigenvalue weighted by atomic mass is 32.2. The van der Waals surface area contributed by atoms with Gasteiger partial charge < -0.3 is 5.32 Å². The quantitative estimate of drug-likeness (QED) is 0.580. The molecule has 5 nitrogen and oxygen atoms in total. The molecule has 3 aromatic rings. The molecule has 0 aliphatic rings. The van der Waals surface area contributed by atoms with Gasteiger partial charge >= 0.3 is 0 Å². The predicted octanol–water partition coefficient (Wildman–Crippen LogP) is 4.53. The van der Waals surface area contributed by atoms with E-state index < -0.39 is 10.0 Å². The molecule has 0 aromatic heterocycles. The molecule has 0 heterocycles. The Bertz CT molecular complexity index is 1070. The molecule has 0 spiro atoms. The Kier molecular flexibility index (Phi) is 6.90. The van der Waals surface area contributed by atoms with E-state index >= 15 is 0 Å². The molecule has 156 valence electrons. The summed E-state index contributed by atoms with van der Waals surface area (Å²) in [6.07, 6.45) is 1.95. The van der Waals surface area contributed by atoms with E-state index in [4.69, 9.17) is 0 Å². The number of hydrogen-bond donors (Lipinski definition) is 1. The van der Waals surface area contributed by atoms with Gasteiger partial charge in [0.2, 0.25) is 10.0 Å². The summed E-state index contributed by atoms with van der Waals surface area (Å²) in [6.45, 7) is 2.26. The molecule has 3 rings (SSSR count). The van der Waals surface area contributed by atoms with Crippen molar-refractivity contribution >= 4 is 21.6 Å². The van der Waals surface area contributed by atoms with Gasteiger partial charge in [0.15, 0.2) is 0 Å². The topological polar surface area (TPSA) is 66.5 Å². The highest BCUT2D eigenvalue weighted by Gasteiger charge is 2.19. The molecule has 0 saturated heterocycles. The van der Waals surface area contributed by atoms with E-state index in [0.717, 1.165) is 17.5 Å². The van der Waals surface area contributed by atoms with Crippen molar-refractivity contribution in [2.45, 2.75) is 25.9 Å². The first-order valence-electron chi connectivity index (χ1n) is 9.86. The molecule has 0 bridgehead atoms. The van der Waals surface area contributed by atoms with Crippen molar-refractivity contribution in [1.29, 1.82) is 0 Å². The third-order valence-corrected chi connectivity index (χ3v) is 6.04. The van der Waals surface area contributed by atoms with E-state index in [9.17, 15) is 13.2 Å². The molecule has 1 atom stereocenters. The first-order valence-corrected chi connectivity index (χ1v) is 11.7. The molecule has 6 heteroatoms. The van der Waals surface area contributed by atoms with Crippen molar-refractivity contribution in [3.05, 3.63) is 102 Å². The number of rotatable bonds is 8. The number of nitrogens with zero attached hydrogens (tertiary/aromatic N) is 1. The summed E-state index contributed by atoms with van der Waals surface area (Å²) in [7, 11) is -3.48. The van der Waals surface area contributed by atoms with E-state index in [1.807, 2.05) is 67.6 Å². The zero-order valence-corrected chi connectivity index (χ0v) is 18.0. The maximum absolute atomic E-state index is 12.7. The number of anilines is 1. The van der Waals surface area contributed by atoms with Crippen molar-refractivity contribution in [3.63, 3.8) is 0 Å². The average molecular weight is 423 g/mol. The van der Waals surface area contributed by atoms with Crippen LogP contribution >= 0.6 is 0 Å². The highest BCUT2D eigenvalue weighted by molar-refractivity contribution is 7.92. The summed E-state index contributed by atoms with van der Waals surface area (Å²) in [6, 6.07) is 25.8. The Morgan fingerprint density at radius 3 is 2.00 bits per heavy atom. The molecule has 30 heavy (non-hydrogen) atoms. The molecule has 0 unspecified atom stereocenters. The Morgan fingerprint density at radius 1 is 0.900 bits per heavy atom. The van der Waals surface area contributed by atoms with E-state index in [0.29, 0.717) is 11.3 Å². The van der Waals surface area contributed by atoms with Crippen LogP contribution in [0.25, 0.3) is 0 Å². The second-order valence-electron chi connectivity index (χ2n) is 7.15. The van der Waals surface area contributed by atoms with Crippen LogP contribution in [-0.2, 0) is 16.6 Å². The second kappa shape index (κ2) is 9.59. The first kappa shape index (κ1) is 21.6. The smallest absolute Gasteiger partial charge is 0.251 e. The standard InChI is InChI=1S/C24H26N2O3S/c1-3-23(20-12-8-5-9-13-20)25-24(27)21-14-16-22(17-15-21)26(30(2,28)29)18-19-10-6-4-7-11-19/h4-17,23H,3,18H2,1-2H3,(H,25,27)/t23-/m0/s1. The fraction of sp³-hybridized carbons (Fsp3) is 0.208. The van der Waals surface area contributed by atoms with Crippen LogP contribution in [0.1, 0.15) is 40.9 Å². The molecule has 1 N–H and O–H groups in total. The van der Waals surface area contributed by atoms with Gasteiger partial charge in [-0.3, -0.25) is 9.10 Å². The maximum Gasteiger partial charge on any atom is 0.251 e. The Morgan fingerprint density at radius 2 is 1.47 bits per heavy atom. The lowest BCUT2D eigenvalue weighted by molar-refractivity contribution is 0.0935. The zero-order valence-electron chi connectivity index (χ0n) is 17.2. The van der Waals surface area contributed by atoms with Gasteiger partial charge in [-0.25, -0.2) is 8.42 Å². The van der Waals surface area contributed by atoms with Crippen LogP contribution in [-0.4, -0.2) is 20.6 Å². The Labute approximate surface area is 178 Å². The summed E-state index contributed by atoms with van der Waals surface area (Å²) in [4.78, 5) is 12.7. The van der Waals surface area contributed by atoms with Gasteiger partial charge in [0.1, 0.15) is 0 Å². The van der Waals surface area contributed by atoms with Crippen molar-refractivity contribution in [1.82, 2.24) is 5.32 Å². The summed E-state index contributed by atoms with van der Waals surface area (Å²) in [5.74, 6) is -0.189. The van der Waals surface area contributed by atoms with Crippen LogP contribution in [0, 0.1) is 0 Å². The fourth-order valence-corrected chi connectivity index (χ4v) is 4.16. The molecule has 1 amide bonds. The lowest BCUT2D eigenvalue weighted by Gasteiger charge is -2.23. The van der Waals surface area contributed by atoms with Gasteiger partial charge in [-0.15, -0.1) is 0 Å². The predicted molar refractivity (Wildman–Crippen MR) is 121 cm³/mol. The fourth-order valence-electron chi connectivity index (χ4n) is 3.28. The zero-order chi connectivity index (χ0) is 21.6. The van der Waals surface area contributed by atoms with Gasteiger partial charge in [-0.2, -0.15) is 0 Å². The molecular weight excluding hydrogens is 396 g/mol. The van der Waals surface area contributed by atoms with Gasteiger partial charge in [-0.05, 0) is 41.8 Å². The van der Waals surface area contributed by atoms with Crippen LogP contribution in [0.4, 0.5) is 5.69 Å². The van der Waals surface area contributed by atoms with Crippen molar-refractivity contribution in [2.24, 2.45) is 0 Å². The third-order valence-electron chi connectivity index (χ3n) is 4.90. The van der Waals surface area contributed by atoms with Crippen molar-refractivity contribution in [2.75, 3.05) is 10.6 Å². The van der Waals surface area contributed by atoms with E-state index in [2.05, 4.69) is 5.32 Å². The summed E-state index contributed by atoms with van der Waals surface area (Å²) in [5.41, 5.74) is 2.95. The van der Waals surface area contributed by atoms with E-state index in [-0.39, 0.29) is 18.5 Å². The number of nitrogens with one attached hydrogen (secondary N) is 1. The minimum atomic E-state index is -3.48. The van der Waals surface area contributed by atoms with Crippen LogP contribution in [0.5, 0.6) is 0 Å². The normalized spacial score (nSPS) is 12.2. The first-order chi connectivity index (χ1) is 14.4. The minimum absolute atomic E-state index is 0.0797. The second-order valence-corrected chi connectivity index (χ2v) is 9.05. The molecule has 0 radical (unpaired) electrons. The highest BCUT2D eigenvalue weighted by Crippen LogP contribution is 2.22. The Hall–Kier alpha value is -3.12. The number of carbonyl (C=O) groups excluding carboxylic acids is 1. The number of hydrogen-bond acceptors (Lipinski definition) is 3. The summed E-state index contributed by atoms with van der Waals surface area (Å²) < 4.78 is 26.0. The largest absolute Gasteiger partial charge is 0.345 e. The average Bonchev–Trinajstić information content (AvgIpc) is 2.76. The van der Waals surface area contributed by atoms with Crippen LogP contribution < -0.4 is 9.62 Å². The maximum atomic E-state index is 12.7.